The van der Waals surface area contributed by atoms with Crippen molar-refractivity contribution in [2.45, 2.75) is 45.8 Å². The normalized spacial score (nSPS) is 18.8. The van der Waals surface area contributed by atoms with Crippen LogP contribution in [0.5, 0.6) is 5.75 Å². The minimum atomic E-state index is -0.353. The smallest absolute Gasteiger partial charge is 0.258 e. The van der Waals surface area contributed by atoms with Gasteiger partial charge in [0, 0.05) is 6.04 Å². The molecule has 1 aromatic carbocycles. The van der Waals surface area contributed by atoms with Crippen LogP contribution in [0.3, 0.4) is 0 Å². The van der Waals surface area contributed by atoms with Gasteiger partial charge in [-0.05, 0) is 48.9 Å². The molecule has 0 fully saturated rings. The quantitative estimate of drug-likeness (QED) is 0.867. The van der Waals surface area contributed by atoms with Crippen molar-refractivity contribution in [3.05, 3.63) is 29.3 Å². The third-order valence-electron chi connectivity index (χ3n) is 3.92. The SMILES string of the molecule is CC(C)C(C)NC(=O)COc1ccc2c(c1)CC[C@H]2O. The highest BCUT2D eigenvalue weighted by molar-refractivity contribution is 5.77. The van der Waals surface area contributed by atoms with Crippen LogP contribution in [0.15, 0.2) is 18.2 Å². The zero-order valence-electron chi connectivity index (χ0n) is 12.3. The Morgan fingerprint density at radius 3 is 2.90 bits per heavy atom. The molecule has 4 heteroatoms. The number of nitrogens with one attached hydrogen (secondary N) is 1. The van der Waals surface area contributed by atoms with Gasteiger partial charge in [-0.1, -0.05) is 19.9 Å². The molecule has 0 radical (unpaired) electrons. The lowest BCUT2D eigenvalue weighted by atomic mass is 10.1. The Hall–Kier alpha value is -1.55. The predicted molar refractivity (Wildman–Crippen MR) is 77.7 cm³/mol. The fourth-order valence-corrected chi connectivity index (χ4v) is 2.27. The molecule has 1 amide bonds. The maximum Gasteiger partial charge on any atom is 0.258 e. The van der Waals surface area contributed by atoms with Gasteiger partial charge >= 0.3 is 0 Å². The molecule has 0 aliphatic heterocycles. The minimum Gasteiger partial charge on any atom is -0.484 e. The molecule has 2 rings (SSSR count). The Kier molecular flexibility index (Phi) is 4.65. The van der Waals surface area contributed by atoms with E-state index < -0.39 is 0 Å². The number of fused-ring (bicyclic) bond motifs is 1. The van der Waals surface area contributed by atoms with E-state index in [0.29, 0.717) is 11.7 Å². The van der Waals surface area contributed by atoms with Crippen LogP contribution in [0.4, 0.5) is 0 Å². The summed E-state index contributed by atoms with van der Waals surface area (Å²) in [5.74, 6) is 0.984. The van der Waals surface area contributed by atoms with Crippen LogP contribution in [-0.2, 0) is 11.2 Å². The van der Waals surface area contributed by atoms with E-state index in [1.807, 2.05) is 25.1 Å². The van der Waals surface area contributed by atoms with Gasteiger partial charge < -0.3 is 15.2 Å². The number of hydrogen-bond donors (Lipinski definition) is 2. The molecule has 0 heterocycles. The number of carbonyl (C=O) groups is 1. The van der Waals surface area contributed by atoms with Gasteiger partial charge in [-0.2, -0.15) is 0 Å². The fourth-order valence-electron chi connectivity index (χ4n) is 2.27. The topological polar surface area (TPSA) is 58.6 Å². The highest BCUT2D eigenvalue weighted by Crippen LogP contribution is 2.33. The van der Waals surface area contributed by atoms with Crippen molar-refractivity contribution in [1.29, 1.82) is 0 Å². The number of carbonyl (C=O) groups excluding carboxylic acids is 1. The van der Waals surface area contributed by atoms with Crippen LogP contribution in [0.25, 0.3) is 0 Å². The summed E-state index contributed by atoms with van der Waals surface area (Å²) in [7, 11) is 0. The van der Waals surface area contributed by atoms with Crippen LogP contribution in [-0.4, -0.2) is 23.7 Å². The first-order chi connectivity index (χ1) is 9.47. The molecule has 0 aromatic heterocycles. The molecule has 110 valence electrons. The molecule has 1 unspecified atom stereocenters. The molecule has 1 aliphatic carbocycles. The number of amides is 1. The first-order valence-electron chi connectivity index (χ1n) is 7.20. The van der Waals surface area contributed by atoms with Crippen LogP contribution < -0.4 is 10.1 Å². The molecule has 1 aliphatic rings. The summed E-state index contributed by atoms with van der Waals surface area (Å²) in [5, 5.41) is 12.6. The first kappa shape index (κ1) is 14.9. The number of aryl methyl sites for hydroxylation is 1. The monoisotopic (exact) mass is 277 g/mol. The van der Waals surface area contributed by atoms with Crippen LogP contribution in [0, 0.1) is 5.92 Å². The van der Waals surface area contributed by atoms with Crippen molar-refractivity contribution in [2.24, 2.45) is 5.92 Å². The Morgan fingerprint density at radius 2 is 2.20 bits per heavy atom. The Morgan fingerprint density at radius 1 is 1.45 bits per heavy atom. The lowest BCUT2D eigenvalue weighted by Crippen LogP contribution is -2.38. The highest BCUT2D eigenvalue weighted by Gasteiger charge is 2.20. The number of aliphatic hydroxyl groups is 1. The number of hydrogen-bond acceptors (Lipinski definition) is 3. The van der Waals surface area contributed by atoms with Crippen molar-refractivity contribution in [2.75, 3.05) is 6.61 Å². The van der Waals surface area contributed by atoms with Gasteiger partial charge in [0.05, 0.1) is 6.10 Å². The molecular weight excluding hydrogens is 254 g/mol. The second kappa shape index (κ2) is 6.27. The highest BCUT2D eigenvalue weighted by atomic mass is 16.5. The van der Waals surface area contributed by atoms with Gasteiger partial charge in [-0.25, -0.2) is 0 Å². The van der Waals surface area contributed by atoms with Crippen molar-refractivity contribution >= 4 is 5.91 Å². The lowest BCUT2D eigenvalue weighted by molar-refractivity contribution is -0.124. The maximum atomic E-state index is 11.7. The Labute approximate surface area is 120 Å². The largest absolute Gasteiger partial charge is 0.484 e. The summed E-state index contributed by atoms with van der Waals surface area (Å²) < 4.78 is 5.52. The average Bonchev–Trinajstić information content (AvgIpc) is 2.77. The van der Waals surface area contributed by atoms with Gasteiger partial charge in [-0.15, -0.1) is 0 Å². The summed E-state index contributed by atoms with van der Waals surface area (Å²) in [4.78, 5) is 11.7. The standard InChI is InChI=1S/C16H23NO3/c1-10(2)11(3)17-16(19)9-20-13-5-6-14-12(8-13)4-7-15(14)18/h5-6,8,10-11,15,18H,4,7,9H2,1-3H3,(H,17,19)/t11?,15-/m1/s1. The molecule has 0 bridgehead atoms. The van der Waals surface area contributed by atoms with Crippen molar-refractivity contribution in [1.82, 2.24) is 5.32 Å². The minimum absolute atomic E-state index is 0.0262. The molecule has 0 spiro atoms. The van der Waals surface area contributed by atoms with Crippen molar-refractivity contribution < 1.29 is 14.6 Å². The Balaban J connectivity index is 1.87. The van der Waals surface area contributed by atoms with E-state index >= 15 is 0 Å². The summed E-state index contributed by atoms with van der Waals surface area (Å²) in [6, 6.07) is 5.76. The predicted octanol–water partition coefficient (Wildman–Crippen LogP) is 2.21. The summed E-state index contributed by atoms with van der Waals surface area (Å²) in [5.41, 5.74) is 2.10. The van der Waals surface area contributed by atoms with Gasteiger partial charge in [0.25, 0.3) is 5.91 Å². The number of benzene rings is 1. The van der Waals surface area contributed by atoms with Crippen LogP contribution in [0.1, 0.15) is 44.4 Å². The Bertz CT molecular complexity index is 485. The molecular formula is C16H23NO3. The maximum absolute atomic E-state index is 11.7. The van der Waals surface area contributed by atoms with E-state index in [4.69, 9.17) is 4.74 Å². The summed E-state index contributed by atoms with van der Waals surface area (Å²) in [6.07, 6.45) is 1.28. The molecule has 4 nitrogen and oxygen atoms in total. The zero-order chi connectivity index (χ0) is 14.7. The number of aliphatic hydroxyl groups excluding tert-OH is 1. The van der Waals surface area contributed by atoms with Crippen LogP contribution in [0.2, 0.25) is 0 Å². The van der Waals surface area contributed by atoms with Crippen LogP contribution >= 0.6 is 0 Å². The molecule has 2 N–H and O–H groups in total. The van der Waals surface area contributed by atoms with E-state index in [1.165, 1.54) is 0 Å². The van der Waals surface area contributed by atoms with E-state index in [-0.39, 0.29) is 24.7 Å². The fraction of sp³-hybridized carbons (Fsp3) is 0.562. The molecule has 20 heavy (non-hydrogen) atoms. The average molecular weight is 277 g/mol. The first-order valence-corrected chi connectivity index (χ1v) is 7.20. The lowest BCUT2D eigenvalue weighted by Gasteiger charge is -2.17. The molecule has 0 saturated heterocycles. The van der Waals surface area contributed by atoms with E-state index in [2.05, 4.69) is 19.2 Å². The number of ether oxygens (including phenoxy) is 1. The third kappa shape index (κ3) is 3.51. The van der Waals surface area contributed by atoms with Gasteiger partial charge in [-0.3, -0.25) is 4.79 Å². The molecule has 0 saturated carbocycles. The third-order valence-corrected chi connectivity index (χ3v) is 3.92. The zero-order valence-corrected chi connectivity index (χ0v) is 12.3. The molecule has 1 aromatic rings. The number of rotatable bonds is 5. The van der Waals surface area contributed by atoms with E-state index in [9.17, 15) is 9.90 Å². The molecule has 2 atom stereocenters. The van der Waals surface area contributed by atoms with Gasteiger partial charge in [0.1, 0.15) is 5.75 Å². The van der Waals surface area contributed by atoms with Crippen molar-refractivity contribution in [3.63, 3.8) is 0 Å². The summed E-state index contributed by atoms with van der Waals surface area (Å²) in [6.45, 7) is 6.15. The second-order valence-corrected chi connectivity index (χ2v) is 5.80. The second-order valence-electron chi connectivity index (χ2n) is 5.80. The summed E-state index contributed by atoms with van der Waals surface area (Å²) >= 11 is 0. The van der Waals surface area contributed by atoms with Gasteiger partial charge in [0.2, 0.25) is 0 Å². The van der Waals surface area contributed by atoms with E-state index in [1.54, 1.807) is 0 Å². The van der Waals surface area contributed by atoms with E-state index in [0.717, 1.165) is 24.0 Å². The van der Waals surface area contributed by atoms with Gasteiger partial charge in [0.15, 0.2) is 6.61 Å². The van der Waals surface area contributed by atoms with Crippen molar-refractivity contribution in [3.8, 4) is 5.75 Å².